The van der Waals surface area contributed by atoms with Crippen molar-refractivity contribution in [2.24, 2.45) is 0 Å². The highest BCUT2D eigenvalue weighted by Crippen LogP contribution is 2.23. The first kappa shape index (κ1) is 21.1. The van der Waals surface area contributed by atoms with E-state index in [0.717, 1.165) is 17.0 Å². The van der Waals surface area contributed by atoms with E-state index in [4.69, 9.17) is 4.74 Å². The van der Waals surface area contributed by atoms with Gasteiger partial charge in [-0.2, -0.15) is 0 Å². The molecule has 3 aromatic rings. The van der Waals surface area contributed by atoms with E-state index in [2.05, 4.69) is 4.90 Å². The lowest BCUT2D eigenvalue weighted by atomic mass is 10.2. The van der Waals surface area contributed by atoms with E-state index in [-0.39, 0.29) is 11.6 Å². The number of hydrogen-bond acceptors (Lipinski definition) is 5. The van der Waals surface area contributed by atoms with Gasteiger partial charge in [0, 0.05) is 50.1 Å². The molecule has 1 fully saturated rings. The molecular formula is C25H23N3O4. The average Bonchev–Trinajstić information content (AvgIpc) is 2.83. The van der Waals surface area contributed by atoms with E-state index < -0.39 is 4.92 Å². The first-order chi connectivity index (χ1) is 15.6. The third-order valence-electron chi connectivity index (χ3n) is 5.27. The van der Waals surface area contributed by atoms with Gasteiger partial charge in [-0.15, -0.1) is 0 Å². The molecule has 162 valence electrons. The fourth-order valence-corrected chi connectivity index (χ4v) is 3.55. The van der Waals surface area contributed by atoms with Crippen LogP contribution in [0.15, 0.2) is 84.9 Å². The van der Waals surface area contributed by atoms with Crippen LogP contribution in [0.1, 0.15) is 5.56 Å². The van der Waals surface area contributed by atoms with Gasteiger partial charge in [0.1, 0.15) is 11.5 Å². The Morgan fingerprint density at radius 1 is 0.875 bits per heavy atom. The molecule has 1 amide bonds. The zero-order valence-electron chi connectivity index (χ0n) is 17.5. The van der Waals surface area contributed by atoms with Crippen molar-refractivity contribution in [1.82, 2.24) is 4.90 Å². The van der Waals surface area contributed by atoms with Crippen LogP contribution in [0, 0.1) is 10.1 Å². The molecule has 0 spiro atoms. The Bertz CT molecular complexity index is 1110. The minimum Gasteiger partial charge on any atom is -0.457 e. The SMILES string of the molecule is O=C(/C=C/c1cccc(Oc2ccccc2)c1)N1CCN(c2ccc([N+](=O)[O-])cc2)CC1. The molecule has 1 heterocycles. The summed E-state index contributed by atoms with van der Waals surface area (Å²) < 4.78 is 5.84. The van der Waals surface area contributed by atoms with Crippen molar-refractivity contribution in [3.8, 4) is 11.5 Å². The number of carbonyl (C=O) groups is 1. The zero-order chi connectivity index (χ0) is 22.3. The van der Waals surface area contributed by atoms with Crippen LogP contribution in [0.5, 0.6) is 11.5 Å². The summed E-state index contributed by atoms with van der Waals surface area (Å²) in [6.45, 7) is 2.55. The van der Waals surface area contributed by atoms with Gasteiger partial charge in [0.15, 0.2) is 0 Å². The van der Waals surface area contributed by atoms with Gasteiger partial charge < -0.3 is 14.5 Å². The molecule has 1 aliphatic rings. The van der Waals surface area contributed by atoms with Crippen LogP contribution in [0.3, 0.4) is 0 Å². The van der Waals surface area contributed by atoms with Crippen molar-refractivity contribution in [3.05, 3.63) is 101 Å². The molecule has 0 unspecified atom stereocenters. The second-order valence-electron chi connectivity index (χ2n) is 7.41. The fraction of sp³-hybridized carbons (Fsp3) is 0.160. The van der Waals surface area contributed by atoms with E-state index in [1.54, 1.807) is 24.3 Å². The summed E-state index contributed by atoms with van der Waals surface area (Å²) in [5, 5.41) is 10.8. The van der Waals surface area contributed by atoms with E-state index in [1.165, 1.54) is 12.1 Å². The third kappa shape index (κ3) is 5.31. The van der Waals surface area contributed by atoms with Crippen molar-refractivity contribution in [2.75, 3.05) is 31.1 Å². The number of ether oxygens (including phenoxy) is 1. The summed E-state index contributed by atoms with van der Waals surface area (Å²) in [7, 11) is 0. The molecule has 7 heteroatoms. The molecule has 7 nitrogen and oxygen atoms in total. The Morgan fingerprint density at radius 3 is 2.25 bits per heavy atom. The summed E-state index contributed by atoms with van der Waals surface area (Å²) in [6.07, 6.45) is 3.38. The van der Waals surface area contributed by atoms with Gasteiger partial charge in [-0.25, -0.2) is 0 Å². The first-order valence-corrected chi connectivity index (χ1v) is 10.4. The predicted octanol–water partition coefficient (Wildman–Crippen LogP) is 4.75. The number of nitro groups is 1. The van der Waals surface area contributed by atoms with E-state index in [0.29, 0.717) is 31.9 Å². The summed E-state index contributed by atoms with van der Waals surface area (Å²) in [5.41, 5.74) is 1.88. The minimum atomic E-state index is -0.407. The number of amides is 1. The topological polar surface area (TPSA) is 75.9 Å². The molecule has 3 aromatic carbocycles. The monoisotopic (exact) mass is 429 g/mol. The van der Waals surface area contributed by atoms with E-state index >= 15 is 0 Å². The highest BCUT2D eigenvalue weighted by atomic mass is 16.6. The number of hydrogen-bond donors (Lipinski definition) is 0. The summed E-state index contributed by atoms with van der Waals surface area (Å²) in [6, 6.07) is 23.6. The molecule has 0 N–H and O–H groups in total. The van der Waals surface area contributed by atoms with Crippen LogP contribution in [0.2, 0.25) is 0 Å². The van der Waals surface area contributed by atoms with Crippen molar-refractivity contribution in [2.45, 2.75) is 0 Å². The summed E-state index contributed by atoms with van der Waals surface area (Å²) >= 11 is 0. The van der Waals surface area contributed by atoms with Gasteiger partial charge in [0.05, 0.1) is 4.92 Å². The summed E-state index contributed by atoms with van der Waals surface area (Å²) in [5.74, 6) is 1.43. The number of anilines is 1. The zero-order valence-corrected chi connectivity index (χ0v) is 17.5. The molecule has 0 radical (unpaired) electrons. The number of benzene rings is 3. The Labute approximate surface area is 186 Å². The maximum absolute atomic E-state index is 12.6. The lowest BCUT2D eigenvalue weighted by Gasteiger charge is -2.35. The Hall–Kier alpha value is -4.13. The van der Waals surface area contributed by atoms with Crippen LogP contribution in [-0.2, 0) is 4.79 Å². The predicted molar refractivity (Wildman–Crippen MR) is 124 cm³/mol. The highest BCUT2D eigenvalue weighted by Gasteiger charge is 2.20. The molecule has 4 rings (SSSR count). The lowest BCUT2D eigenvalue weighted by molar-refractivity contribution is -0.384. The van der Waals surface area contributed by atoms with Gasteiger partial charge in [0.25, 0.3) is 5.69 Å². The maximum atomic E-state index is 12.6. The molecule has 1 saturated heterocycles. The molecule has 0 aromatic heterocycles. The number of nitrogens with zero attached hydrogens (tertiary/aromatic N) is 3. The van der Waals surface area contributed by atoms with Crippen LogP contribution < -0.4 is 9.64 Å². The van der Waals surface area contributed by atoms with Crippen LogP contribution in [0.4, 0.5) is 11.4 Å². The van der Waals surface area contributed by atoms with Gasteiger partial charge in [-0.3, -0.25) is 14.9 Å². The smallest absolute Gasteiger partial charge is 0.269 e. The Kier molecular flexibility index (Phi) is 6.46. The standard InChI is InChI=1S/C25H23N3O4/c29-25(14-9-20-5-4-8-24(19-20)32-23-6-2-1-3-7-23)27-17-15-26(16-18-27)21-10-12-22(13-11-21)28(30)31/h1-14,19H,15-18H2/b14-9+. The number of non-ortho nitro benzene ring substituents is 1. The second-order valence-corrected chi connectivity index (χ2v) is 7.41. The number of nitro benzene ring substituents is 1. The van der Waals surface area contributed by atoms with Gasteiger partial charge in [0.2, 0.25) is 5.91 Å². The number of rotatable bonds is 6. The maximum Gasteiger partial charge on any atom is 0.269 e. The quantitative estimate of drug-likeness (QED) is 0.321. The Balaban J connectivity index is 1.32. The number of piperazine rings is 1. The highest BCUT2D eigenvalue weighted by molar-refractivity contribution is 5.92. The van der Waals surface area contributed by atoms with Crippen molar-refractivity contribution in [1.29, 1.82) is 0 Å². The van der Waals surface area contributed by atoms with Crippen LogP contribution >= 0.6 is 0 Å². The fourth-order valence-electron chi connectivity index (χ4n) is 3.55. The lowest BCUT2D eigenvalue weighted by Crippen LogP contribution is -2.48. The van der Waals surface area contributed by atoms with Crippen LogP contribution in [-0.4, -0.2) is 41.9 Å². The van der Waals surface area contributed by atoms with E-state index in [9.17, 15) is 14.9 Å². The van der Waals surface area contributed by atoms with E-state index in [1.807, 2.05) is 59.5 Å². The number of carbonyl (C=O) groups excluding carboxylic acids is 1. The van der Waals surface area contributed by atoms with Crippen molar-refractivity contribution < 1.29 is 14.5 Å². The van der Waals surface area contributed by atoms with Crippen molar-refractivity contribution in [3.63, 3.8) is 0 Å². The molecular weight excluding hydrogens is 406 g/mol. The first-order valence-electron chi connectivity index (χ1n) is 10.4. The molecule has 32 heavy (non-hydrogen) atoms. The second kappa shape index (κ2) is 9.78. The average molecular weight is 429 g/mol. The van der Waals surface area contributed by atoms with Gasteiger partial charge in [-0.1, -0.05) is 30.3 Å². The van der Waals surface area contributed by atoms with Gasteiger partial charge in [-0.05, 0) is 48.0 Å². The minimum absolute atomic E-state index is 0.0391. The molecule has 0 atom stereocenters. The molecule has 0 saturated carbocycles. The van der Waals surface area contributed by atoms with Gasteiger partial charge >= 0.3 is 0 Å². The summed E-state index contributed by atoms with van der Waals surface area (Å²) in [4.78, 5) is 27.0. The van der Waals surface area contributed by atoms with Crippen molar-refractivity contribution >= 4 is 23.4 Å². The third-order valence-corrected chi connectivity index (χ3v) is 5.27. The molecule has 1 aliphatic heterocycles. The molecule has 0 bridgehead atoms. The number of para-hydroxylation sites is 1. The largest absolute Gasteiger partial charge is 0.457 e. The van der Waals surface area contributed by atoms with Crippen LogP contribution in [0.25, 0.3) is 6.08 Å². The molecule has 0 aliphatic carbocycles. The Morgan fingerprint density at radius 2 is 1.56 bits per heavy atom. The normalized spacial score (nSPS) is 13.9.